The number of carbonyl (C=O) groups excluding carboxylic acids is 2. The van der Waals surface area contributed by atoms with Crippen molar-refractivity contribution >= 4 is 27.5 Å². The standard InChI is InChI=1S/C17H23N5O5S/c1-4-6-21(13-5-7-28(25,26)10-13)14(23)9-27-16(24)15-19-17-18-11(2)8-12(3)22(17)20-15/h8,13H,4-7,9-10H2,1-3H3/t13-/m0/s1. The quantitative estimate of drug-likeness (QED) is 0.625. The minimum Gasteiger partial charge on any atom is -0.450 e. The zero-order chi connectivity index (χ0) is 20.5. The van der Waals surface area contributed by atoms with Crippen molar-refractivity contribution in [2.75, 3.05) is 24.7 Å². The molecule has 1 saturated heterocycles. The average molecular weight is 409 g/mol. The molecule has 1 atom stereocenters. The molecule has 1 aliphatic heterocycles. The summed E-state index contributed by atoms with van der Waals surface area (Å²) < 4.78 is 29.9. The van der Waals surface area contributed by atoms with E-state index in [0.717, 1.165) is 11.4 Å². The first kappa shape index (κ1) is 20.2. The molecule has 0 aliphatic carbocycles. The second-order valence-corrected chi connectivity index (χ2v) is 9.13. The molecule has 3 rings (SSSR count). The van der Waals surface area contributed by atoms with Crippen molar-refractivity contribution in [1.29, 1.82) is 0 Å². The lowest BCUT2D eigenvalue weighted by Gasteiger charge is -2.27. The van der Waals surface area contributed by atoms with Crippen LogP contribution >= 0.6 is 0 Å². The van der Waals surface area contributed by atoms with E-state index in [2.05, 4.69) is 15.1 Å². The van der Waals surface area contributed by atoms with Gasteiger partial charge in [0.15, 0.2) is 16.4 Å². The number of ether oxygens (including phenoxy) is 1. The Bertz CT molecular complexity index is 1020. The van der Waals surface area contributed by atoms with Crippen LogP contribution in [0.2, 0.25) is 0 Å². The van der Waals surface area contributed by atoms with E-state index < -0.39 is 28.3 Å². The number of fused-ring (bicyclic) bond motifs is 1. The van der Waals surface area contributed by atoms with Crippen LogP contribution in [-0.2, 0) is 19.4 Å². The van der Waals surface area contributed by atoms with Gasteiger partial charge >= 0.3 is 5.97 Å². The Morgan fingerprint density at radius 1 is 1.32 bits per heavy atom. The van der Waals surface area contributed by atoms with E-state index in [-0.39, 0.29) is 29.1 Å². The molecule has 11 heteroatoms. The summed E-state index contributed by atoms with van der Waals surface area (Å²) in [6, 6.07) is 1.43. The number of hydrogen-bond acceptors (Lipinski definition) is 8. The molecular formula is C17H23N5O5S. The van der Waals surface area contributed by atoms with Gasteiger partial charge in [0, 0.05) is 24.0 Å². The maximum Gasteiger partial charge on any atom is 0.378 e. The molecule has 0 radical (unpaired) electrons. The van der Waals surface area contributed by atoms with Crippen LogP contribution in [0.1, 0.15) is 41.8 Å². The van der Waals surface area contributed by atoms with Crippen LogP contribution in [0.3, 0.4) is 0 Å². The van der Waals surface area contributed by atoms with Gasteiger partial charge in [-0.05, 0) is 32.8 Å². The molecule has 0 bridgehead atoms. The van der Waals surface area contributed by atoms with Crippen LogP contribution in [-0.4, -0.2) is 75.5 Å². The number of sulfone groups is 1. The molecule has 0 aromatic carbocycles. The smallest absolute Gasteiger partial charge is 0.378 e. The molecule has 28 heavy (non-hydrogen) atoms. The van der Waals surface area contributed by atoms with Crippen molar-refractivity contribution in [3.05, 3.63) is 23.3 Å². The first-order chi connectivity index (χ1) is 13.2. The van der Waals surface area contributed by atoms with E-state index in [1.165, 1.54) is 9.42 Å². The van der Waals surface area contributed by atoms with Crippen molar-refractivity contribution < 1.29 is 22.7 Å². The normalized spacial score (nSPS) is 18.3. The number of carbonyl (C=O) groups is 2. The number of nitrogens with zero attached hydrogens (tertiary/aromatic N) is 5. The Morgan fingerprint density at radius 2 is 2.07 bits per heavy atom. The van der Waals surface area contributed by atoms with Gasteiger partial charge in [-0.3, -0.25) is 4.79 Å². The minimum atomic E-state index is -3.12. The highest BCUT2D eigenvalue weighted by Gasteiger charge is 2.34. The maximum atomic E-state index is 12.5. The Morgan fingerprint density at radius 3 is 2.71 bits per heavy atom. The van der Waals surface area contributed by atoms with Crippen molar-refractivity contribution in [3.8, 4) is 0 Å². The zero-order valence-electron chi connectivity index (χ0n) is 16.1. The molecule has 3 heterocycles. The van der Waals surface area contributed by atoms with Crippen molar-refractivity contribution in [2.24, 2.45) is 0 Å². The van der Waals surface area contributed by atoms with Gasteiger partial charge in [-0.25, -0.2) is 22.7 Å². The van der Waals surface area contributed by atoms with E-state index in [4.69, 9.17) is 4.74 Å². The number of aryl methyl sites for hydroxylation is 2. The Hall–Kier alpha value is -2.56. The molecule has 0 unspecified atom stereocenters. The minimum absolute atomic E-state index is 0.0506. The second-order valence-electron chi connectivity index (χ2n) is 6.91. The highest BCUT2D eigenvalue weighted by Crippen LogP contribution is 2.18. The van der Waals surface area contributed by atoms with E-state index in [1.54, 1.807) is 6.07 Å². The van der Waals surface area contributed by atoms with Gasteiger partial charge in [-0.1, -0.05) is 6.92 Å². The molecule has 1 amide bonds. The molecule has 152 valence electrons. The summed E-state index contributed by atoms with van der Waals surface area (Å²) in [6.45, 7) is 5.44. The summed E-state index contributed by atoms with van der Waals surface area (Å²) in [5.41, 5.74) is 1.51. The number of rotatable bonds is 6. The van der Waals surface area contributed by atoms with Crippen LogP contribution in [0, 0.1) is 13.8 Å². The molecule has 10 nitrogen and oxygen atoms in total. The van der Waals surface area contributed by atoms with Gasteiger partial charge in [0.2, 0.25) is 0 Å². The first-order valence-electron chi connectivity index (χ1n) is 9.08. The van der Waals surface area contributed by atoms with Gasteiger partial charge < -0.3 is 9.64 Å². The molecule has 1 fully saturated rings. The predicted molar refractivity (Wildman–Crippen MR) is 99.6 cm³/mol. The van der Waals surface area contributed by atoms with Crippen LogP contribution in [0.15, 0.2) is 6.07 Å². The van der Waals surface area contributed by atoms with Crippen LogP contribution < -0.4 is 0 Å². The highest BCUT2D eigenvalue weighted by molar-refractivity contribution is 7.91. The predicted octanol–water partition coefficient (Wildman–Crippen LogP) is 0.324. The van der Waals surface area contributed by atoms with Crippen LogP contribution in [0.25, 0.3) is 5.78 Å². The lowest BCUT2D eigenvalue weighted by molar-refractivity contribution is -0.136. The Labute approximate surface area is 162 Å². The lowest BCUT2D eigenvalue weighted by atomic mass is 10.2. The third kappa shape index (κ3) is 4.29. The largest absolute Gasteiger partial charge is 0.450 e. The molecule has 2 aromatic rings. The van der Waals surface area contributed by atoms with E-state index >= 15 is 0 Å². The van der Waals surface area contributed by atoms with Crippen molar-refractivity contribution in [3.63, 3.8) is 0 Å². The van der Waals surface area contributed by atoms with Gasteiger partial charge in [0.1, 0.15) is 0 Å². The molecule has 0 N–H and O–H groups in total. The molecular weight excluding hydrogens is 386 g/mol. The van der Waals surface area contributed by atoms with Gasteiger partial charge in [0.25, 0.3) is 17.5 Å². The Balaban J connectivity index is 1.67. The number of amides is 1. The summed E-state index contributed by atoms with van der Waals surface area (Å²) in [5.74, 6) is -1.14. The second kappa shape index (κ2) is 7.82. The van der Waals surface area contributed by atoms with E-state index in [0.29, 0.717) is 19.4 Å². The first-order valence-corrected chi connectivity index (χ1v) is 10.9. The molecule has 0 spiro atoms. The summed E-state index contributed by atoms with van der Waals surface area (Å²) in [5, 5.41) is 4.07. The van der Waals surface area contributed by atoms with Gasteiger partial charge in [-0.15, -0.1) is 5.10 Å². The SMILES string of the molecule is CCCN(C(=O)COC(=O)c1nc2nc(C)cc(C)n2n1)[C@H]1CCS(=O)(=O)C1. The maximum absolute atomic E-state index is 12.5. The summed E-state index contributed by atoms with van der Waals surface area (Å²) in [6.07, 6.45) is 1.08. The summed E-state index contributed by atoms with van der Waals surface area (Å²) in [7, 11) is -3.12. The summed E-state index contributed by atoms with van der Waals surface area (Å²) in [4.78, 5) is 34.5. The number of esters is 1. The third-order valence-electron chi connectivity index (χ3n) is 4.56. The van der Waals surface area contributed by atoms with Crippen molar-refractivity contribution in [1.82, 2.24) is 24.5 Å². The topological polar surface area (TPSA) is 124 Å². The van der Waals surface area contributed by atoms with Gasteiger partial charge in [0.05, 0.1) is 11.5 Å². The monoisotopic (exact) mass is 409 g/mol. The average Bonchev–Trinajstić information content (AvgIpc) is 3.20. The van der Waals surface area contributed by atoms with Crippen molar-refractivity contribution in [2.45, 2.75) is 39.7 Å². The van der Waals surface area contributed by atoms with Crippen LogP contribution in [0.5, 0.6) is 0 Å². The van der Waals surface area contributed by atoms with E-state index in [9.17, 15) is 18.0 Å². The fourth-order valence-corrected chi connectivity index (χ4v) is 5.03. The Kier molecular flexibility index (Phi) is 5.64. The summed E-state index contributed by atoms with van der Waals surface area (Å²) >= 11 is 0. The number of hydrogen-bond donors (Lipinski definition) is 0. The van der Waals surface area contributed by atoms with Gasteiger partial charge in [-0.2, -0.15) is 4.98 Å². The molecule has 1 aliphatic rings. The number of aromatic nitrogens is 4. The zero-order valence-corrected chi connectivity index (χ0v) is 16.9. The lowest BCUT2D eigenvalue weighted by Crippen LogP contribution is -2.43. The van der Waals surface area contributed by atoms with E-state index in [1.807, 2.05) is 20.8 Å². The fourth-order valence-electron chi connectivity index (χ4n) is 3.30. The third-order valence-corrected chi connectivity index (χ3v) is 6.31. The fraction of sp³-hybridized carbons (Fsp3) is 0.588. The highest BCUT2D eigenvalue weighted by atomic mass is 32.2. The molecule has 2 aromatic heterocycles. The van der Waals surface area contributed by atoms with Crippen LogP contribution in [0.4, 0.5) is 0 Å². The molecule has 0 saturated carbocycles.